The van der Waals surface area contributed by atoms with Crippen LogP contribution in [0.4, 0.5) is 0 Å². The Bertz CT molecular complexity index is 1440. The number of hydrogen-bond acceptors (Lipinski definition) is 4. The molecule has 0 radical (unpaired) electrons. The first-order chi connectivity index (χ1) is 16.6. The van der Waals surface area contributed by atoms with Crippen LogP contribution < -0.4 is 10.1 Å². The van der Waals surface area contributed by atoms with E-state index < -0.39 is 0 Å². The fraction of sp³-hybridized carbons (Fsp3) is 0.148. The maximum atomic E-state index is 12.8. The number of nitrogens with zero attached hydrogens (tertiary/aromatic N) is 2. The van der Waals surface area contributed by atoms with Crippen molar-refractivity contribution in [2.24, 2.45) is 0 Å². The van der Waals surface area contributed by atoms with Gasteiger partial charge in [0.1, 0.15) is 23.0 Å². The third-order valence-corrected chi connectivity index (χ3v) is 5.73. The summed E-state index contributed by atoms with van der Waals surface area (Å²) in [7, 11) is 0. The number of aromatic nitrogens is 4. The largest absolute Gasteiger partial charge is 0.457 e. The van der Waals surface area contributed by atoms with Crippen LogP contribution in [0.3, 0.4) is 0 Å². The summed E-state index contributed by atoms with van der Waals surface area (Å²) in [5.74, 6) is 2.06. The monoisotopic (exact) mass is 451 g/mol. The van der Waals surface area contributed by atoms with E-state index in [0.717, 1.165) is 39.3 Å². The molecule has 0 unspecified atom stereocenters. The topological polar surface area (TPSA) is 95.7 Å². The number of H-pyrrole nitrogens is 2. The van der Waals surface area contributed by atoms with Crippen molar-refractivity contribution in [2.75, 3.05) is 6.54 Å². The molecule has 170 valence electrons. The van der Waals surface area contributed by atoms with Crippen molar-refractivity contribution >= 4 is 16.9 Å². The minimum Gasteiger partial charge on any atom is -0.457 e. The average Bonchev–Trinajstić information content (AvgIpc) is 3.39. The predicted octanol–water partition coefficient (Wildman–Crippen LogP) is 5.33. The van der Waals surface area contributed by atoms with Crippen LogP contribution in [0.15, 0.2) is 72.9 Å². The first-order valence-corrected chi connectivity index (χ1v) is 11.2. The van der Waals surface area contributed by atoms with Crippen LogP contribution in [0.2, 0.25) is 0 Å². The van der Waals surface area contributed by atoms with E-state index in [-0.39, 0.29) is 5.91 Å². The summed E-state index contributed by atoms with van der Waals surface area (Å²) in [5, 5.41) is 2.98. The molecular weight excluding hydrogens is 426 g/mol. The molecule has 5 rings (SSSR count). The van der Waals surface area contributed by atoms with Crippen LogP contribution in [0.5, 0.6) is 11.5 Å². The van der Waals surface area contributed by atoms with Gasteiger partial charge in [0.15, 0.2) is 0 Å². The van der Waals surface area contributed by atoms with E-state index >= 15 is 0 Å². The Morgan fingerprint density at radius 1 is 0.971 bits per heavy atom. The van der Waals surface area contributed by atoms with Gasteiger partial charge in [0.2, 0.25) is 0 Å². The molecule has 0 bridgehead atoms. The Kier molecular flexibility index (Phi) is 5.82. The second-order valence-corrected chi connectivity index (χ2v) is 8.13. The lowest BCUT2D eigenvalue weighted by molar-refractivity contribution is 0.0949. The Hall–Kier alpha value is -4.39. The maximum Gasteiger partial charge on any atom is 0.268 e. The van der Waals surface area contributed by atoms with Crippen molar-refractivity contribution in [3.63, 3.8) is 0 Å². The molecule has 3 aromatic heterocycles. The Morgan fingerprint density at radius 3 is 2.59 bits per heavy atom. The quantitative estimate of drug-likeness (QED) is 0.311. The molecule has 3 N–H and O–H groups in total. The molecule has 0 aliphatic rings. The highest BCUT2D eigenvalue weighted by molar-refractivity contribution is 5.96. The van der Waals surface area contributed by atoms with Gasteiger partial charge in [0.25, 0.3) is 5.91 Å². The highest BCUT2D eigenvalue weighted by atomic mass is 16.5. The third kappa shape index (κ3) is 4.41. The van der Waals surface area contributed by atoms with Crippen molar-refractivity contribution in [2.45, 2.75) is 20.3 Å². The summed E-state index contributed by atoms with van der Waals surface area (Å²) in [6.07, 6.45) is 2.43. The molecule has 1 amide bonds. The lowest BCUT2D eigenvalue weighted by atomic mass is 10.1. The van der Waals surface area contributed by atoms with Gasteiger partial charge in [0.05, 0.1) is 11.0 Å². The highest BCUT2D eigenvalue weighted by Gasteiger charge is 2.20. The number of aromatic amines is 2. The number of rotatable bonds is 7. The van der Waals surface area contributed by atoms with E-state index in [1.54, 1.807) is 6.20 Å². The maximum absolute atomic E-state index is 12.8. The number of nitrogens with one attached hydrogen (secondary N) is 3. The first-order valence-electron chi connectivity index (χ1n) is 11.2. The molecule has 0 saturated carbocycles. The highest BCUT2D eigenvalue weighted by Crippen LogP contribution is 2.31. The third-order valence-electron chi connectivity index (χ3n) is 5.73. The van der Waals surface area contributed by atoms with Crippen molar-refractivity contribution in [1.82, 2.24) is 25.3 Å². The van der Waals surface area contributed by atoms with E-state index in [0.29, 0.717) is 30.2 Å². The lowest BCUT2D eigenvalue weighted by Crippen LogP contribution is -2.26. The summed E-state index contributed by atoms with van der Waals surface area (Å²) in [6.45, 7) is 4.39. The minimum absolute atomic E-state index is 0.141. The first kappa shape index (κ1) is 21.5. The average molecular weight is 452 g/mol. The summed E-state index contributed by atoms with van der Waals surface area (Å²) < 4.78 is 5.94. The van der Waals surface area contributed by atoms with Gasteiger partial charge < -0.3 is 20.0 Å². The minimum atomic E-state index is -0.141. The fourth-order valence-corrected chi connectivity index (χ4v) is 4.06. The van der Waals surface area contributed by atoms with Gasteiger partial charge in [-0.05, 0) is 55.8 Å². The second-order valence-electron chi connectivity index (χ2n) is 8.13. The van der Waals surface area contributed by atoms with Crippen molar-refractivity contribution in [1.29, 1.82) is 0 Å². The summed E-state index contributed by atoms with van der Waals surface area (Å²) in [4.78, 5) is 28.5. The zero-order valence-corrected chi connectivity index (χ0v) is 19.1. The number of pyridine rings is 1. The number of aryl methyl sites for hydroxylation is 1. The Balaban J connectivity index is 1.35. The summed E-state index contributed by atoms with van der Waals surface area (Å²) >= 11 is 0. The summed E-state index contributed by atoms with van der Waals surface area (Å²) in [6, 6.07) is 21.2. The van der Waals surface area contributed by atoms with Gasteiger partial charge in [-0.3, -0.25) is 9.78 Å². The molecule has 34 heavy (non-hydrogen) atoms. The number of carbonyl (C=O) groups is 1. The number of fused-ring (bicyclic) bond motifs is 1. The molecule has 7 heteroatoms. The van der Waals surface area contributed by atoms with Gasteiger partial charge in [-0.25, -0.2) is 4.98 Å². The molecule has 2 aromatic carbocycles. The van der Waals surface area contributed by atoms with Crippen LogP contribution >= 0.6 is 0 Å². The van der Waals surface area contributed by atoms with Gasteiger partial charge in [-0.15, -0.1) is 0 Å². The zero-order chi connectivity index (χ0) is 23.5. The number of hydrogen-bond donors (Lipinski definition) is 3. The van der Waals surface area contributed by atoms with E-state index in [9.17, 15) is 4.79 Å². The molecule has 5 aromatic rings. The van der Waals surface area contributed by atoms with E-state index in [2.05, 4.69) is 20.3 Å². The normalized spacial score (nSPS) is 11.0. The molecule has 0 aliphatic carbocycles. The standard InChI is InChI=1S/C27H25N5O2/c1-17-24(18(2)30-25(17)27(33)29-15-13-19-8-6-7-14-28-19)26-31-22-12-11-21(16-23(22)32-26)34-20-9-4-3-5-10-20/h3-12,14,16,30H,13,15H2,1-2H3,(H,29,33)(H,31,32). The Labute approximate surface area is 197 Å². The molecule has 0 fully saturated rings. The Morgan fingerprint density at radius 2 is 1.79 bits per heavy atom. The number of ether oxygens (including phenoxy) is 1. The van der Waals surface area contributed by atoms with Crippen molar-refractivity contribution < 1.29 is 9.53 Å². The van der Waals surface area contributed by atoms with Crippen molar-refractivity contribution in [3.05, 3.63) is 95.6 Å². The van der Waals surface area contributed by atoms with Crippen LogP contribution in [0.1, 0.15) is 27.4 Å². The number of para-hydroxylation sites is 1. The molecule has 0 spiro atoms. The number of carbonyl (C=O) groups excluding carboxylic acids is 1. The number of imidazole rings is 1. The van der Waals surface area contributed by atoms with Crippen LogP contribution in [-0.4, -0.2) is 32.4 Å². The SMILES string of the molecule is Cc1[nH]c(C(=O)NCCc2ccccn2)c(C)c1-c1nc2cc(Oc3ccccc3)ccc2[nH]1. The van der Waals surface area contributed by atoms with Crippen molar-refractivity contribution in [3.8, 4) is 22.9 Å². The molecular formula is C27H25N5O2. The molecule has 7 nitrogen and oxygen atoms in total. The second kappa shape index (κ2) is 9.23. The zero-order valence-electron chi connectivity index (χ0n) is 19.1. The van der Waals surface area contributed by atoms with E-state index in [1.807, 2.05) is 80.6 Å². The predicted molar refractivity (Wildman–Crippen MR) is 132 cm³/mol. The number of benzene rings is 2. The molecule has 0 aliphatic heterocycles. The fourth-order valence-electron chi connectivity index (χ4n) is 4.06. The van der Waals surface area contributed by atoms with Crippen LogP contribution in [0, 0.1) is 13.8 Å². The smallest absolute Gasteiger partial charge is 0.268 e. The van der Waals surface area contributed by atoms with E-state index in [4.69, 9.17) is 9.72 Å². The van der Waals surface area contributed by atoms with Gasteiger partial charge in [-0.2, -0.15) is 0 Å². The summed E-state index contributed by atoms with van der Waals surface area (Å²) in [5.41, 5.74) is 5.82. The van der Waals surface area contributed by atoms with Crippen LogP contribution in [-0.2, 0) is 6.42 Å². The molecule has 3 heterocycles. The van der Waals surface area contributed by atoms with Gasteiger partial charge >= 0.3 is 0 Å². The molecule has 0 saturated heterocycles. The van der Waals surface area contributed by atoms with E-state index in [1.165, 1.54) is 0 Å². The van der Waals surface area contributed by atoms with Gasteiger partial charge in [0, 0.05) is 42.2 Å². The lowest BCUT2D eigenvalue weighted by Gasteiger charge is -2.05. The van der Waals surface area contributed by atoms with Crippen LogP contribution in [0.25, 0.3) is 22.4 Å². The van der Waals surface area contributed by atoms with Gasteiger partial charge in [-0.1, -0.05) is 24.3 Å². The number of amides is 1. The molecule has 0 atom stereocenters.